The number of aromatic amines is 1. The predicted molar refractivity (Wildman–Crippen MR) is 54.2 cm³/mol. The molecule has 1 rings (SSSR count). The largest absolute Gasteiger partial charge is 0.465 e. The van der Waals surface area contributed by atoms with Crippen LogP contribution >= 0.6 is 0 Å². The number of methoxy groups -OCH3 is 2. The van der Waals surface area contributed by atoms with Crippen LogP contribution in [0.4, 0.5) is 0 Å². The molecule has 0 aliphatic heterocycles. The van der Waals surface area contributed by atoms with E-state index in [0.29, 0.717) is 12.6 Å². The van der Waals surface area contributed by atoms with Gasteiger partial charge in [-0.1, -0.05) is 0 Å². The van der Waals surface area contributed by atoms with Crippen molar-refractivity contribution in [3.8, 4) is 0 Å². The van der Waals surface area contributed by atoms with Gasteiger partial charge in [0.1, 0.15) is 11.1 Å². The quantitative estimate of drug-likeness (QED) is 0.595. The smallest absolute Gasteiger partial charge is 0.341 e. The van der Waals surface area contributed by atoms with Gasteiger partial charge in [0.15, 0.2) is 12.6 Å². The molecule has 90 valence electrons. The molecule has 1 N–H and O–H groups in total. The van der Waals surface area contributed by atoms with Crippen molar-refractivity contribution in [2.24, 2.45) is 0 Å². The molecule has 0 spiro atoms. The number of H-pyrrole nitrogens is 1. The Balaban J connectivity index is 3.56. The lowest BCUT2D eigenvalue weighted by molar-refractivity contribution is 0.0555. The zero-order chi connectivity index (χ0) is 13.0. The molecule has 0 bridgehead atoms. The molecule has 0 saturated carbocycles. The number of rotatable bonds is 4. The van der Waals surface area contributed by atoms with Gasteiger partial charge in [-0.25, -0.2) is 9.59 Å². The van der Waals surface area contributed by atoms with E-state index in [-0.39, 0.29) is 22.5 Å². The van der Waals surface area contributed by atoms with Crippen molar-refractivity contribution >= 4 is 24.5 Å². The van der Waals surface area contributed by atoms with Gasteiger partial charge in [0, 0.05) is 0 Å². The van der Waals surface area contributed by atoms with E-state index in [9.17, 15) is 19.2 Å². The summed E-state index contributed by atoms with van der Waals surface area (Å²) in [5, 5.41) is 0. The summed E-state index contributed by atoms with van der Waals surface area (Å²) < 4.78 is 8.86. The van der Waals surface area contributed by atoms with Crippen molar-refractivity contribution in [2.45, 2.75) is 0 Å². The topological polar surface area (TPSA) is 103 Å². The maximum absolute atomic E-state index is 11.4. The molecule has 1 heterocycles. The van der Waals surface area contributed by atoms with Crippen LogP contribution < -0.4 is 0 Å². The third-order valence-electron chi connectivity index (χ3n) is 2.07. The second kappa shape index (κ2) is 5.06. The fraction of sp³-hybridized carbons (Fsp3) is 0.200. The van der Waals surface area contributed by atoms with Gasteiger partial charge in [-0.2, -0.15) is 0 Å². The van der Waals surface area contributed by atoms with Crippen molar-refractivity contribution in [3.05, 3.63) is 22.5 Å². The molecule has 0 fully saturated rings. The van der Waals surface area contributed by atoms with Gasteiger partial charge in [0.2, 0.25) is 0 Å². The lowest BCUT2D eigenvalue weighted by Gasteiger charge is -2.01. The van der Waals surface area contributed by atoms with Crippen LogP contribution in [0.2, 0.25) is 0 Å². The molecule has 0 aromatic carbocycles. The van der Waals surface area contributed by atoms with E-state index in [1.54, 1.807) is 0 Å². The van der Waals surface area contributed by atoms with Crippen LogP contribution in [0.5, 0.6) is 0 Å². The Morgan fingerprint density at radius 1 is 0.941 bits per heavy atom. The molecule has 0 radical (unpaired) electrons. The Hall–Kier alpha value is -2.44. The van der Waals surface area contributed by atoms with Crippen molar-refractivity contribution in [1.29, 1.82) is 0 Å². The summed E-state index contributed by atoms with van der Waals surface area (Å²) >= 11 is 0. The summed E-state index contributed by atoms with van der Waals surface area (Å²) in [4.78, 5) is 46.7. The second-order valence-electron chi connectivity index (χ2n) is 2.92. The molecule has 1 aromatic heterocycles. The molecule has 1 aromatic rings. The number of carbonyl (C=O) groups excluding carboxylic acids is 4. The van der Waals surface area contributed by atoms with Gasteiger partial charge >= 0.3 is 11.9 Å². The van der Waals surface area contributed by atoms with Crippen LogP contribution in [0.15, 0.2) is 0 Å². The number of nitrogens with one attached hydrogen (secondary N) is 1. The highest BCUT2D eigenvalue weighted by Gasteiger charge is 2.28. The zero-order valence-electron chi connectivity index (χ0n) is 9.10. The third-order valence-corrected chi connectivity index (χ3v) is 2.07. The number of esters is 2. The number of hydrogen-bond acceptors (Lipinski definition) is 6. The minimum atomic E-state index is -0.906. The average molecular weight is 239 g/mol. The molecule has 0 amide bonds. The fourth-order valence-corrected chi connectivity index (χ4v) is 1.34. The van der Waals surface area contributed by atoms with E-state index in [0.717, 1.165) is 14.2 Å². The van der Waals surface area contributed by atoms with Gasteiger partial charge in [-0.3, -0.25) is 9.59 Å². The van der Waals surface area contributed by atoms with Crippen molar-refractivity contribution in [1.82, 2.24) is 4.98 Å². The van der Waals surface area contributed by atoms with Gasteiger partial charge in [-0.15, -0.1) is 0 Å². The molecule has 0 aliphatic carbocycles. The van der Waals surface area contributed by atoms with Gasteiger partial charge in [-0.05, 0) is 0 Å². The standard InChI is InChI=1S/C10H9NO6/c1-16-9(14)7-5(3-12)11-6(4-13)8(7)10(15)17-2/h3-4,11H,1-2H3. The number of aromatic nitrogens is 1. The van der Waals surface area contributed by atoms with Crippen LogP contribution in [-0.2, 0) is 9.47 Å². The molecule has 0 aliphatic rings. The summed E-state index contributed by atoms with van der Waals surface area (Å²) in [6.07, 6.45) is 0.622. The first-order chi connectivity index (χ1) is 8.10. The van der Waals surface area contributed by atoms with Crippen LogP contribution in [0.25, 0.3) is 0 Å². The van der Waals surface area contributed by atoms with Crippen LogP contribution in [0, 0.1) is 0 Å². The van der Waals surface area contributed by atoms with Crippen molar-refractivity contribution in [3.63, 3.8) is 0 Å². The Morgan fingerprint density at radius 3 is 1.53 bits per heavy atom. The summed E-state index contributed by atoms with van der Waals surface area (Å²) in [6.45, 7) is 0. The number of hydrogen-bond donors (Lipinski definition) is 1. The van der Waals surface area contributed by atoms with Crippen LogP contribution in [0.3, 0.4) is 0 Å². The molecule has 0 atom stereocenters. The fourth-order valence-electron chi connectivity index (χ4n) is 1.34. The molecule has 7 heteroatoms. The van der Waals surface area contributed by atoms with Gasteiger partial charge < -0.3 is 14.5 Å². The van der Waals surface area contributed by atoms with E-state index in [2.05, 4.69) is 14.5 Å². The number of ether oxygens (including phenoxy) is 2. The summed E-state index contributed by atoms with van der Waals surface area (Å²) in [6, 6.07) is 0. The third kappa shape index (κ3) is 2.07. The lowest BCUT2D eigenvalue weighted by atomic mass is 10.1. The van der Waals surface area contributed by atoms with E-state index < -0.39 is 11.9 Å². The number of aldehydes is 2. The zero-order valence-corrected chi connectivity index (χ0v) is 9.10. The number of carbonyl (C=O) groups is 4. The van der Waals surface area contributed by atoms with E-state index in [1.165, 1.54) is 0 Å². The van der Waals surface area contributed by atoms with Crippen LogP contribution in [0.1, 0.15) is 41.7 Å². The summed E-state index contributed by atoms with van der Waals surface area (Å²) in [5.74, 6) is -1.81. The Bertz CT molecular complexity index is 445. The first kappa shape index (κ1) is 12.6. The lowest BCUT2D eigenvalue weighted by Crippen LogP contribution is -2.12. The van der Waals surface area contributed by atoms with Crippen molar-refractivity contribution < 1.29 is 28.7 Å². The van der Waals surface area contributed by atoms with Gasteiger partial charge in [0.25, 0.3) is 0 Å². The van der Waals surface area contributed by atoms with E-state index in [1.807, 2.05) is 0 Å². The highest BCUT2D eigenvalue weighted by molar-refractivity contribution is 6.11. The first-order valence-electron chi connectivity index (χ1n) is 4.43. The van der Waals surface area contributed by atoms with Gasteiger partial charge in [0.05, 0.1) is 25.6 Å². The molecular formula is C10H9NO6. The van der Waals surface area contributed by atoms with E-state index in [4.69, 9.17) is 0 Å². The molecule has 17 heavy (non-hydrogen) atoms. The normalized spacial score (nSPS) is 9.53. The molecular weight excluding hydrogens is 230 g/mol. The maximum Gasteiger partial charge on any atom is 0.341 e. The Labute approximate surface area is 95.7 Å². The second-order valence-corrected chi connectivity index (χ2v) is 2.92. The highest BCUT2D eigenvalue weighted by atomic mass is 16.5. The minimum Gasteiger partial charge on any atom is -0.465 e. The Kier molecular flexibility index (Phi) is 3.76. The first-order valence-corrected chi connectivity index (χ1v) is 4.43. The summed E-state index contributed by atoms with van der Waals surface area (Å²) in [7, 11) is 2.18. The maximum atomic E-state index is 11.4. The van der Waals surface area contributed by atoms with Crippen LogP contribution in [-0.4, -0.2) is 43.7 Å². The Morgan fingerprint density at radius 2 is 1.29 bits per heavy atom. The highest BCUT2D eigenvalue weighted by Crippen LogP contribution is 2.19. The average Bonchev–Trinajstić information content (AvgIpc) is 2.75. The molecule has 7 nitrogen and oxygen atoms in total. The monoisotopic (exact) mass is 239 g/mol. The van der Waals surface area contributed by atoms with E-state index >= 15 is 0 Å². The molecule has 0 unspecified atom stereocenters. The predicted octanol–water partition coefficient (Wildman–Crippen LogP) is 0.213. The summed E-state index contributed by atoms with van der Waals surface area (Å²) in [5.41, 5.74) is -1.04. The minimum absolute atomic E-state index is 0.209. The molecule has 0 saturated heterocycles. The SMILES string of the molecule is COC(=O)c1c(C=O)[nH]c(C=O)c1C(=O)OC. The van der Waals surface area contributed by atoms with Crippen molar-refractivity contribution in [2.75, 3.05) is 14.2 Å².